The highest BCUT2D eigenvalue weighted by Gasteiger charge is 2.40. The summed E-state index contributed by atoms with van der Waals surface area (Å²) in [5, 5.41) is 0. The van der Waals surface area contributed by atoms with Gasteiger partial charge in [0, 0.05) is 25.4 Å². The van der Waals surface area contributed by atoms with Gasteiger partial charge in [-0.15, -0.1) is 12.4 Å². The van der Waals surface area contributed by atoms with Gasteiger partial charge in [-0.3, -0.25) is 4.79 Å². The van der Waals surface area contributed by atoms with Crippen molar-refractivity contribution < 1.29 is 9.53 Å². The van der Waals surface area contributed by atoms with Crippen molar-refractivity contribution in [1.82, 2.24) is 4.90 Å². The van der Waals surface area contributed by atoms with Crippen molar-refractivity contribution in [2.24, 2.45) is 11.7 Å². The number of rotatable bonds is 3. The molecule has 4 nitrogen and oxygen atoms in total. The summed E-state index contributed by atoms with van der Waals surface area (Å²) in [5.41, 5.74) is 10.9. The molecule has 2 aromatic rings. The van der Waals surface area contributed by atoms with Gasteiger partial charge in [-0.25, -0.2) is 0 Å². The fourth-order valence-corrected chi connectivity index (χ4v) is 4.22. The molecule has 0 radical (unpaired) electrons. The van der Waals surface area contributed by atoms with Gasteiger partial charge < -0.3 is 15.4 Å². The normalized spacial score (nSPS) is 23.5. The van der Waals surface area contributed by atoms with E-state index < -0.39 is 6.10 Å². The third kappa shape index (κ3) is 3.69. The van der Waals surface area contributed by atoms with Crippen LogP contribution in [-0.4, -0.2) is 36.5 Å². The molecule has 0 saturated carbocycles. The lowest BCUT2D eigenvalue weighted by atomic mass is 9.89. The fourth-order valence-electron chi connectivity index (χ4n) is 4.22. The van der Waals surface area contributed by atoms with Crippen molar-refractivity contribution in [1.29, 1.82) is 0 Å². The highest BCUT2D eigenvalue weighted by atomic mass is 35.5. The summed E-state index contributed by atoms with van der Waals surface area (Å²) in [5.74, 6) is 1.56. The molecule has 0 spiro atoms. The van der Waals surface area contributed by atoms with Crippen LogP contribution in [0.4, 0.5) is 0 Å². The Hall–Kier alpha value is -2.04. The van der Waals surface area contributed by atoms with Gasteiger partial charge >= 0.3 is 0 Å². The van der Waals surface area contributed by atoms with Crippen molar-refractivity contribution in [2.45, 2.75) is 32.3 Å². The van der Waals surface area contributed by atoms with Gasteiger partial charge in [0.15, 0.2) is 6.10 Å². The van der Waals surface area contributed by atoms with Gasteiger partial charge in [-0.1, -0.05) is 36.4 Å². The van der Waals surface area contributed by atoms with E-state index in [9.17, 15) is 4.79 Å². The zero-order valence-corrected chi connectivity index (χ0v) is 16.7. The van der Waals surface area contributed by atoms with Crippen LogP contribution in [-0.2, 0) is 11.2 Å². The lowest BCUT2D eigenvalue weighted by Crippen LogP contribution is -2.40. The van der Waals surface area contributed by atoms with Crippen LogP contribution in [0.25, 0.3) is 0 Å². The number of amides is 1. The molecule has 0 aromatic heterocycles. The Kier molecular flexibility index (Phi) is 5.78. The number of nitrogens with two attached hydrogens (primary N) is 1. The summed E-state index contributed by atoms with van der Waals surface area (Å²) >= 11 is 0. The molecule has 4 rings (SSSR count). The molecule has 0 aliphatic carbocycles. The van der Waals surface area contributed by atoms with E-state index in [4.69, 9.17) is 10.5 Å². The number of benzene rings is 2. The number of hydrogen-bond donors (Lipinski definition) is 1. The second kappa shape index (κ2) is 7.91. The van der Waals surface area contributed by atoms with Crippen LogP contribution < -0.4 is 10.5 Å². The summed E-state index contributed by atoms with van der Waals surface area (Å²) in [6.07, 6.45) is 0.258. The molecule has 1 fully saturated rings. The summed E-state index contributed by atoms with van der Waals surface area (Å²) in [6, 6.07) is 14.6. The van der Waals surface area contributed by atoms with Crippen molar-refractivity contribution in [2.75, 3.05) is 19.6 Å². The van der Waals surface area contributed by atoms with Crippen molar-refractivity contribution in [3.05, 3.63) is 64.7 Å². The number of aryl methyl sites for hydroxylation is 2. The molecule has 2 heterocycles. The molecule has 2 N–H and O–H groups in total. The molecule has 1 saturated heterocycles. The first-order chi connectivity index (χ1) is 12.6. The van der Waals surface area contributed by atoms with E-state index in [1.165, 1.54) is 16.7 Å². The molecular formula is C22H27ClN2O2. The average molecular weight is 387 g/mol. The highest BCUT2D eigenvalue weighted by Crippen LogP contribution is 2.35. The van der Waals surface area contributed by atoms with Gasteiger partial charge in [0.2, 0.25) is 0 Å². The van der Waals surface area contributed by atoms with Gasteiger partial charge in [-0.05, 0) is 54.6 Å². The third-order valence-electron chi connectivity index (χ3n) is 5.91. The Morgan fingerprint density at radius 1 is 1.15 bits per heavy atom. The molecule has 2 aliphatic heterocycles. The number of halogens is 1. The number of hydrogen-bond acceptors (Lipinski definition) is 3. The lowest BCUT2D eigenvalue weighted by molar-refractivity contribution is -0.137. The van der Waals surface area contributed by atoms with Gasteiger partial charge in [-0.2, -0.15) is 0 Å². The first-order valence-corrected chi connectivity index (χ1v) is 9.37. The average Bonchev–Trinajstić information content (AvgIpc) is 3.26. The second-order valence-electron chi connectivity index (χ2n) is 7.61. The van der Waals surface area contributed by atoms with E-state index in [0.717, 1.165) is 17.9 Å². The number of nitrogens with zero attached hydrogens (tertiary/aromatic N) is 1. The van der Waals surface area contributed by atoms with Crippen molar-refractivity contribution in [3.63, 3.8) is 0 Å². The van der Waals surface area contributed by atoms with Gasteiger partial charge in [0.1, 0.15) is 5.75 Å². The van der Waals surface area contributed by atoms with Crippen LogP contribution in [0.5, 0.6) is 5.75 Å². The molecule has 2 aliphatic rings. The van der Waals surface area contributed by atoms with E-state index in [-0.39, 0.29) is 18.3 Å². The molecule has 1 unspecified atom stereocenters. The van der Waals surface area contributed by atoms with E-state index >= 15 is 0 Å². The minimum atomic E-state index is -0.404. The van der Waals surface area contributed by atoms with E-state index in [1.54, 1.807) is 0 Å². The fraction of sp³-hybridized carbons (Fsp3) is 0.409. The van der Waals surface area contributed by atoms with Crippen LogP contribution in [0.2, 0.25) is 0 Å². The Morgan fingerprint density at radius 3 is 2.56 bits per heavy atom. The molecule has 144 valence electrons. The number of carbonyl (C=O) groups excluding carboxylic acids is 1. The largest absolute Gasteiger partial charge is 0.480 e. The number of fused-ring (bicyclic) bond motifs is 1. The lowest BCUT2D eigenvalue weighted by Gasteiger charge is -2.20. The summed E-state index contributed by atoms with van der Waals surface area (Å²) in [7, 11) is 0. The maximum atomic E-state index is 13.1. The molecular weight excluding hydrogens is 360 g/mol. The maximum Gasteiger partial charge on any atom is 0.264 e. The molecule has 27 heavy (non-hydrogen) atoms. The van der Waals surface area contributed by atoms with Crippen molar-refractivity contribution in [3.8, 4) is 5.75 Å². The molecule has 0 bridgehead atoms. The predicted octanol–water partition coefficient (Wildman–Crippen LogP) is 3.23. The first-order valence-electron chi connectivity index (χ1n) is 9.37. The zero-order chi connectivity index (χ0) is 18.3. The number of ether oxygens (including phenoxy) is 1. The van der Waals surface area contributed by atoms with E-state index in [2.05, 4.69) is 50.2 Å². The first kappa shape index (κ1) is 19.7. The summed E-state index contributed by atoms with van der Waals surface area (Å²) in [4.78, 5) is 15.0. The minimum Gasteiger partial charge on any atom is -0.480 e. The van der Waals surface area contributed by atoms with Crippen molar-refractivity contribution >= 4 is 18.3 Å². The predicted molar refractivity (Wildman–Crippen MR) is 110 cm³/mol. The Balaban J connectivity index is 0.00000210. The zero-order valence-electron chi connectivity index (χ0n) is 15.9. The third-order valence-corrected chi connectivity index (χ3v) is 5.91. The van der Waals surface area contributed by atoms with Gasteiger partial charge in [0.05, 0.1) is 0 Å². The van der Waals surface area contributed by atoms with Crippen LogP contribution in [0.3, 0.4) is 0 Å². The van der Waals surface area contributed by atoms with Gasteiger partial charge in [0.25, 0.3) is 5.91 Å². The Morgan fingerprint density at radius 2 is 1.85 bits per heavy atom. The minimum absolute atomic E-state index is 0. The smallest absolute Gasteiger partial charge is 0.264 e. The SMILES string of the molecule is Cc1cc2c(cc1C)OC(C(=O)N1C[C@@H](CN)[C@H](c3ccccc3)C1)C2.Cl. The molecule has 5 heteroatoms. The van der Waals surface area contributed by atoms with Crippen LogP contribution in [0.15, 0.2) is 42.5 Å². The summed E-state index contributed by atoms with van der Waals surface area (Å²) < 4.78 is 6.00. The van der Waals surface area contributed by atoms with E-state index in [0.29, 0.717) is 31.3 Å². The highest BCUT2D eigenvalue weighted by molar-refractivity contribution is 5.85. The number of carbonyl (C=O) groups is 1. The second-order valence-corrected chi connectivity index (χ2v) is 7.61. The van der Waals surface area contributed by atoms with Crippen LogP contribution >= 0.6 is 12.4 Å². The monoisotopic (exact) mass is 386 g/mol. The topological polar surface area (TPSA) is 55.6 Å². The Bertz CT molecular complexity index is 794. The maximum absolute atomic E-state index is 13.1. The standard InChI is InChI=1S/C22H26N2O2.ClH/c1-14-8-17-10-21(26-20(17)9-15(14)2)22(25)24-12-18(11-23)19(13-24)16-6-4-3-5-7-16;/h3-9,18-19,21H,10-13,23H2,1-2H3;1H/t18-,19+,21?;/m1./s1. The van der Waals surface area contributed by atoms with E-state index in [1.807, 2.05) is 11.0 Å². The quantitative estimate of drug-likeness (QED) is 0.881. The molecule has 2 aromatic carbocycles. The Labute approximate surface area is 167 Å². The molecule has 1 amide bonds. The van der Waals surface area contributed by atoms with Crippen LogP contribution in [0.1, 0.15) is 28.2 Å². The number of likely N-dealkylation sites (tertiary alicyclic amines) is 1. The molecule has 3 atom stereocenters. The van der Waals surface area contributed by atoms with Crippen LogP contribution in [0, 0.1) is 19.8 Å². The summed E-state index contributed by atoms with van der Waals surface area (Å²) in [6.45, 7) is 6.20.